The summed E-state index contributed by atoms with van der Waals surface area (Å²) in [5.41, 5.74) is 2.19. The molecule has 0 amide bonds. The Morgan fingerprint density at radius 2 is 1.30 bits per heavy atom. The maximum absolute atomic E-state index is 9.13. The van der Waals surface area contributed by atoms with Crippen LogP contribution in [0.15, 0.2) is 188 Å². The summed E-state index contributed by atoms with van der Waals surface area (Å²) in [6.45, 7) is 0.720. The summed E-state index contributed by atoms with van der Waals surface area (Å²) in [5.74, 6) is 0.829. The topological polar surface area (TPSA) is 35.9 Å². The number of nitrogens with zero attached hydrogens (tertiary/aromatic N) is 4. The molecule has 11 aromatic rings. The van der Waals surface area contributed by atoms with Gasteiger partial charge in [0.15, 0.2) is 0 Å². The van der Waals surface area contributed by atoms with E-state index in [0.29, 0.717) is 22.4 Å². The Hall–Kier alpha value is -7.33. The van der Waals surface area contributed by atoms with Gasteiger partial charge >= 0.3 is 0 Å². The zero-order valence-electron chi connectivity index (χ0n) is 51.6. The zero-order valence-corrected chi connectivity index (χ0v) is 37.9. The van der Waals surface area contributed by atoms with Crippen LogP contribution < -0.4 is 9.30 Å². The second-order valence-electron chi connectivity index (χ2n) is 16.5. The van der Waals surface area contributed by atoms with Crippen LogP contribution in [0.1, 0.15) is 59.4 Å². The Labute approximate surface area is 423 Å². The number of hydrogen-bond donors (Lipinski definition) is 0. The number of aromatic nitrogens is 4. The average molecular weight is 1050 g/mol. The van der Waals surface area contributed by atoms with Gasteiger partial charge in [-0.2, -0.15) is 12.1 Å². The van der Waals surface area contributed by atoms with Gasteiger partial charge in [-0.15, -0.1) is 35.2 Å². The van der Waals surface area contributed by atoms with Crippen LogP contribution in [0.2, 0.25) is 0 Å². The Balaban J connectivity index is 0.00000753. The van der Waals surface area contributed by atoms with Crippen molar-refractivity contribution in [1.82, 2.24) is 14.1 Å². The van der Waals surface area contributed by atoms with Gasteiger partial charge in [0.05, 0.1) is 30.4 Å². The molecule has 0 aliphatic heterocycles. The van der Waals surface area contributed by atoms with Gasteiger partial charge in [-0.3, -0.25) is 4.57 Å². The molecule has 0 fully saturated rings. The molecule has 0 saturated carbocycles. The fourth-order valence-corrected chi connectivity index (χ4v) is 8.37. The number of imidazole rings is 1. The molecule has 0 unspecified atom stereocenters. The molecule has 0 saturated heterocycles. The number of benzene rings is 8. The maximum Gasteiger partial charge on any atom is 0.268 e. The molecule has 0 radical (unpaired) electrons. The Morgan fingerprint density at radius 1 is 0.636 bits per heavy atom. The molecule has 11 rings (SSSR count). The number of hydrogen-bond acceptors (Lipinski definition) is 2. The predicted molar refractivity (Wildman–Crippen MR) is 264 cm³/mol. The van der Waals surface area contributed by atoms with Crippen molar-refractivity contribution in [3.8, 4) is 62.1 Å². The molecule has 0 N–H and O–H groups in total. The van der Waals surface area contributed by atoms with Crippen LogP contribution in [0.4, 0.5) is 0 Å². The predicted octanol–water partition coefficient (Wildman–Crippen LogP) is 14.5. The molecule has 0 spiro atoms. The number of fused-ring (bicyclic) bond motifs is 4. The molecule has 5 nitrogen and oxygen atoms in total. The third-order valence-corrected chi connectivity index (χ3v) is 11.4. The second kappa shape index (κ2) is 17.2. The normalized spacial score (nSPS) is 15.4. The molecule has 3 aromatic heterocycles. The fourth-order valence-electron chi connectivity index (χ4n) is 8.37. The van der Waals surface area contributed by atoms with E-state index in [9.17, 15) is 0 Å². The van der Waals surface area contributed by atoms with Crippen molar-refractivity contribution in [1.29, 1.82) is 0 Å². The van der Waals surface area contributed by atoms with E-state index in [4.69, 9.17) is 31.7 Å². The number of ether oxygens (including phenoxy) is 1. The van der Waals surface area contributed by atoms with Gasteiger partial charge in [-0.1, -0.05) is 166 Å². The van der Waals surface area contributed by atoms with E-state index in [0.717, 1.165) is 21.9 Å². The van der Waals surface area contributed by atoms with Gasteiger partial charge in [-0.25, -0.2) is 4.98 Å². The molecule has 324 valence electrons. The summed E-state index contributed by atoms with van der Waals surface area (Å²) in [4.78, 5) is 4.80. The second-order valence-corrected chi connectivity index (χ2v) is 16.5. The minimum atomic E-state index is -2.82. The van der Waals surface area contributed by atoms with E-state index in [1.807, 2.05) is 47.0 Å². The maximum atomic E-state index is 9.13. The third kappa shape index (κ3) is 7.63. The molecule has 6 heteroatoms. The van der Waals surface area contributed by atoms with Gasteiger partial charge in [0.2, 0.25) is 0 Å². The molecule has 66 heavy (non-hydrogen) atoms. The zero-order chi connectivity index (χ0) is 57.9. The average Bonchev–Trinajstić information content (AvgIpc) is 4.19. The van der Waals surface area contributed by atoms with Crippen LogP contribution >= 0.6 is 0 Å². The van der Waals surface area contributed by atoms with Crippen LogP contribution in [0, 0.1) is 32.2 Å². The van der Waals surface area contributed by atoms with Gasteiger partial charge in [0.25, 0.3) is 6.33 Å². The van der Waals surface area contributed by atoms with Crippen molar-refractivity contribution in [2.75, 3.05) is 0 Å². The molecule has 0 aliphatic rings. The standard InChI is InChI=1S/C60H46N4O.Pt/c1-40-18-16-19-41(2)58(40)44-34-46(37-48(35-44)65-47-30-31-52-51-24-12-13-27-53(51)64(56(52)38-47)57-36-45(32-33-61-57)60(3,4)5)62-39-63(55-29-15-14-28-54(55)62)59-49(42-20-8-6-9-21-42)25-17-26-50(59)43-22-10-7-11-23-43;/h6-36H,1-5H3;/q-2;/i1D3,2D3,6D,7D,8D,9D,10D,11D,20D,21D,22D,23D;. The van der Waals surface area contributed by atoms with Crippen molar-refractivity contribution < 1.29 is 52.3 Å². The van der Waals surface area contributed by atoms with Gasteiger partial charge < -0.3 is 13.9 Å². The summed E-state index contributed by atoms with van der Waals surface area (Å²) < 4.78 is 152. The molecule has 8 aromatic carbocycles. The van der Waals surface area contributed by atoms with Crippen molar-refractivity contribution in [2.45, 2.75) is 39.9 Å². The molecule has 0 atom stereocenters. The first-order chi connectivity index (χ1) is 38.3. The molecular weight excluding hydrogens is 988 g/mol. The number of aryl methyl sites for hydroxylation is 2. The van der Waals surface area contributed by atoms with Gasteiger partial charge in [0, 0.05) is 52.5 Å². The summed E-state index contributed by atoms with van der Waals surface area (Å²) >= 11 is 0. The first-order valence-electron chi connectivity index (χ1n) is 28.8. The summed E-state index contributed by atoms with van der Waals surface area (Å²) in [5, 5.41) is 1.77. The monoisotopic (exact) mass is 1050 g/mol. The summed E-state index contributed by atoms with van der Waals surface area (Å²) in [7, 11) is 0. The van der Waals surface area contributed by atoms with E-state index >= 15 is 0 Å². The van der Waals surface area contributed by atoms with Crippen LogP contribution in [0.25, 0.3) is 83.4 Å². The van der Waals surface area contributed by atoms with Crippen LogP contribution in [0.5, 0.6) is 11.5 Å². The van der Waals surface area contributed by atoms with Crippen molar-refractivity contribution in [2.24, 2.45) is 0 Å². The molecule has 3 heterocycles. The largest absolute Gasteiger partial charge is 0.510 e. The third-order valence-electron chi connectivity index (χ3n) is 11.4. The Morgan fingerprint density at radius 3 is 2.00 bits per heavy atom. The number of rotatable bonds is 8. The number of para-hydroxylation sites is 4. The van der Waals surface area contributed by atoms with Crippen molar-refractivity contribution >= 4 is 32.8 Å². The van der Waals surface area contributed by atoms with E-state index in [2.05, 4.69) is 39.2 Å². The Bertz CT molecular complexity index is 4250. The van der Waals surface area contributed by atoms with Crippen LogP contribution in [-0.2, 0) is 26.5 Å². The van der Waals surface area contributed by atoms with Crippen molar-refractivity contribution in [3.63, 3.8) is 0 Å². The van der Waals surface area contributed by atoms with Gasteiger partial charge in [-0.05, 0) is 92.9 Å². The SMILES string of the molecule is [2H]c1c([2H])c([2H])c(-c2cccc(-c3c([2H])c([2H])c([2H])c([2H])c3[2H])c2-[n+]2[c-]n(-c3[c-]c(Oc4[c-]c5c(cc4)c4ccccc4n5-c4cc(C(C)(C)C)ccn4)cc(-c4c(C([2H])([2H])[2H])cccc4C([2H])([2H])[2H])c3)c3ccccc32)c([2H])c1[2H].[Pt]. The molecular formula is C60H46N4OPt-2. The first kappa shape index (κ1) is 27.9. The first-order valence-corrected chi connectivity index (χ1v) is 20.8. The van der Waals surface area contributed by atoms with Crippen molar-refractivity contribution in [3.05, 3.63) is 223 Å². The molecule has 0 aliphatic carbocycles. The molecule has 0 bridgehead atoms. The van der Waals surface area contributed by atoms with E-state index in [1.54, 1.807) is 36.5 Å². The van der Waals surface area contributed by atoms with E-state index < -0.39 is 74.1 Å². The minimum absolute atomic E-state index is 0. The fraction of sp³-hybridized carbons (Fsp3) is 0.100. The van der Waals surface area contributed by atoms with Crippen LogP contribution in [0.3, 0.4) is 0 Å². The Kier molecular flexibility index (Phi) is 7.28. The smallest absolute Gasteiger partial charge is 0.268 e. The number of pyridine rings is 1. The van der Waals surface area contributed by atoms with E-state index in [-0.39, 0.29) is 93.9 Å². The van der Waals surface area contributed by atoms with E-state index in [1.165, 1.54) is 57.7 Å². The van der Waals surface area contributed by atoms with Gasteiger partial charge in [0.1, 0.15) is 5.82 Å². The van der Waals surface area contributed by atoms with Crippen LogP contribution in [-0.4, -0.2) is 14.1 Å². The summed E-state index contributed by atoms with van der Waals surface area (Å²) in [6, 6.07) is 34.6. The minimum Gasteiger partial charge on any atom is -0.510 e. The quantitative estimate of drug-likeness (QED) is 0.112. The summed E-state index contributed by atoms with van der Waals surface area (Å²) in [6.07, 6.45) is 5.10.